The summed E-state index contributed by atoms with van der Waals surface area (Å²) < 4.78 is 15.4. The van der Waals surface area contributed by atoms with Gasteiger partial charge in [-0.05, 0) is 32.4 Å². The van der Waals surface area contributed by atoms with Gasteiger partial charge >= 0.3 is 0 Å². The van der Waals surface area contributed by atoms with Crippen molar-refractivity contribution in [3.05, 3.63) is 47.8 Å². The molecule has 0 bridgehead atoms. The number of nitrogens with one attached hydrogen (secondary N) is 2. The molecule has 176 valence electrons. The first-order chi connectivity index (χ1) is 15.8. The minimum absolute atomic E-state index is 0.0409. The van der Waals surface area contributed by atoms with E-state index >= 15 is 0 Å². The van der Waals surface area contributed by atoms with Crippen molar-refractivity contribution in [3.63, 3.8) is 0 Å². The summed E-state index contributed by atoms with van der Waals surface area (Å²) in [7, 11) is 0. The largest absolute Gasteiger partial charge is 0.350 e. The number of likely N-dealkylation sites (tertiary alicyclic amines) is 1. The van der Waals surface area contributed by atoms with E-state index in [2.05, 4.69) is 22.7 Å². The molecule has 0 spiro atoms. The minimum Gasteiger partial charge on any atom is -0.350 e. The first-order valence-electron chi connectivity index (χ1n) is 11.2. The fourth-order valence-electron chi connectivity index (χ4n) is 3.89. The standard InChI is InChI=1S/C24H31FN6O2/c1-4-8-21-20(13-29-31(21)18-9-6-5-7-10-18)23(33)27-16-24(2,3)28-14-22(32)30-15-17(25)11-19(30)12-26/h5-7,9-10,13,17,19,28H,4,8,11,14-16H2,1-3H3,(H,27,33)/t17-,19-/m0/s1. The van der Waals surface area contributed by atoms with E-state index in [0.29, 0.717) is 12.0 Å². The number of hydrogen-bond donors (Lipinski definition) is 2. The van der Waals surface area contributed by atoms with Gasteiger partial charge in [0.05, 0.1) is 42.3 Å². The summed E-state index contributed by atoms with van der Waals surface area (Å²) >= 11 is 0. The van der Waals surface area contributed by atoms with Crippen LogP contribution in [0, 0.1) is 11.3 Å². The molecule has 0 saturated carbocycles. The van der Waals surface area contributed by atoms with Gasteiger partial charge < -0.3 is 15.5 Å². The Bertz CT molecular complexity index is 1010. The molecule has 1 aromatic carbocycles. The summed E-state index contributed by atoms with van der Waals surface area (Å²) in [6.07, 6.45) is 2.05. The third kappa shape index (κ3) is 5.96. The number of carbonyl (C=O) groups excluding carboxylic acids is 2. The van der Waals surface area contributed by atoms with E-state index in [1.165, 1.54) is 4.90 Å². The summed E-state index contributed by atoms with van der Waals surface area (Å²) in [5, 5.41) is 19.6. The molecule has 3 rings (SSSR count). The lowest BCUT2D eigenvalue weighted by Crippen LogP contribution is -2.53. The van der Waals surface area contributed by atoms with E-state index < -0.39 is 17.8 Å². The Balaban J connectivity index is 1.60. The van der Waals surface area contributed by atoms with Crippen LogP contribution < -0.4 is 10.6 Å². The smallest absolute Gasteiger partial charge is 0.254 e. The van der Waals surface area contributed by atoms with Crippen LogP contribution in [0.15, 0.2) is 36.5 Å². The van der Waals surface area contributed by atoms with E-state index in [1.54, 1.807) is 10.9 Å². The van der Waals surface area contributed by atoms with Crippen molar-refractivity contribution in [3.8, 4) is 11.8 Å². The predicted molar refractivity (Wildman–Crippen MR) is 123 cm³/mol. The number of halogens is 1. The Morgan fingerprint density at radius 3 is 2.70 bits per heavy atom. The first kappa shape index (κ1) is 24.4. The molecule has 1 saturated heterocycles. The van der Waals surface area contributed by atoms with Crippen molar-refractivity contribution in [2.24, 2.45) is 0 Å². The number of benzene rings is 1. The van der Waals surface area contributed by atoms with Gasteiger partial charge in [0.1, 0.15) is 12.2 Å². The Hall–Kier alpha value is -3.25. The van der Waals surface area contributed by atoms with E-state index in [-0.39, 0.29) is 37.9 Å². The molecule has 9 heteroatoms. The molecule has 0 aliphatic carbocycles. The number of carbonyl (C=O) groups is 2. The molecule has 1 fully saturated rings. The molecule has 2 amide bonds. The summed E-state index contributed by atoms with van der Waals surface area (Å²) in [4.78, 5) is 26.7. The molecule has 0 radical (unpaired) electrons. The fourth-order valence-corrected chi connectivity index (χ4v) is 3.89. The topological polar surface area (TPSA) is 103 Å². The lowest BCUT2D eigenvalue weighted by molar-refractivity contribution is -0.130. The normalized spacial score (nSPS) is 18.2. The van der Waals surface area contributed by atoms with E-state index in [9.17, 15) is 14.0 Å². The van der Waals surface area contributed by atoms with Crippen LogP contribution in [0.1, 0.15) is 49.7 Å². The molecule has 2 N–H and O–H groups in total. The number of rotatable bonds is 9. The molecule has 2 atom stereocenters. The van der Waals surface area contributed by atoms with Gasteiger partial charge in [0.15, 0.2) is 0 Å². The molecule has 1 aliphatic heterocycles. The molecule has 2 aromatic rings. The van der Waals surface area contributed by atoms with Crippen LogP contribution in [0.25, 0.3) is 5.69 Å². The van der Waals surface area contributed by atoms with Crippen molar-refractivity contribution in [2.75, 3.05) is 19.6 Å². The average Bonchev–Trinajstić information content (AvgIpc) is 3.40. The van der Waals surface area contributed by atoms with E-state index in [0.717, 1.165) is 17.8 Å². The second kappa shape index (κ2) is 10.6. The van der Waals surface area contributed by atoms with Gasteiger partial charge in [-0.25, -0.2) is 9.07 Å². The highest BCUT2D eigenvalue weighted by molar-refractivity contribution is 5.95. The fraction of sp³-hybridized carbons (Fsp3) is 0.500. The highest BCUT2D eigenvalue weighted by atomic mass is 19.1. The Morgan fingerprint density at radius 2 is 2.03 bits per heavy atom. The monoisotopic (exact) mass is 454 g/mol. The third-order valence-corrected chi connectivity index (χ3v) is 5.73. The van der Waals surface area contributed by atoms with Gasteiger partial charge in [0.2, 0.25) is 5.91 Å². The Kier molecular flexibility index (Phi) is 7.82. The number of nitriles is 1. The SMILES string of the molecule is CCCc1c(C(=O)NCC(C)(C)NCC(=O)N2C[C@@H](F)C[C@H]2C#N)cnn1-c1ccccc1. The van der Waals surface area contributed by atoms with Crippen LogP contribution in [0.4, 0.5) is 4.39 Å². The highest BCUT2D eigenvalue weighted by Gasteiger charge is 2.35. The molecule has 1 aromatic heterocycles. The summed E-state index contributed by atoms with van der Waals surface area (Å²) in [5.74, 6) is -0.554. The van der Waals surface area contributed by atoms with Crippen LogP contribution >= 0.6 is 0 Å². The van der Waals surface area contributed by atoms with Crippen molar-refractivity contribution < 1.29 is 14.0 Å². The van der Waals surface area contributed by atoms with Gasteiger partial charge in [-0.15, -0.1) is 0 Å². The molecule has 33 heavy (non-hydrogen) atoms. The van der Waals surface area contributed by atoms with Crippen molar-refractivity contribution >= 4 is 11.8 Å². The van der Waals surface area contributed by atoms with E-state index in [1.807, 2.05) is 50.2 Å². The maximum absolute atomic E-state index is 13.6. The second-order valence-electron chi connectivity index (χ2n) is 8.95. The van der Waals surface area contributed by atoms with Gasteiger partial charge in [0, 0.05) is 18.5 Å². The summed E-state index contributed by atoms with van der Waals surface area (Å²) in [5.41, 5.74) is 1.67. The van der Waals surface area contributed by atoms with Crippen LogP contribution in [0.2, 0.25) is 0 Å². The number of nitrogens with zero attached hydrogens (tertiary/aromatic N) is 4. The van der Waals surface area contributed by atoms with Gasteiger partial charge in [-0.3, -0.25) is 9.59 Å². The zero-order valence-electron chi connectivity index (χ0n) is 19.3. The lowest BCUT2D eigenvalue weighted by Gasteiger charge is -2.28. The van der Waals surface area contributed by atoms with Crippen LogP contribution in [0.5, 0.6) is 0 Å². The average molecular weight is 455 g/mol. The zero-order valence-corrected chi connectivity index (χ0v) is 19.3. The molecule has 8 nitrogen and oxygen atoms in total. The predicted octanol–water partition coefficient (Wildman–Crippen LogP) is 2.39. The molecule has 1 aliphatic rings. The zero-order chi connectivity index (χ0) is 24.0. The number of para-hydroxylation sites is 1. The number of hydrogen-bond acceptors (Lipinski definition) is 5. The molecular weight excluding hydrogens is 423 g/mol. The first-order valence-corrected chi connectivity index (χ1v) is 11.2. The summed E-state index contributed by atoms with van der Waals surface area (Å²) in [6, 6.07) is 10.9. The molecule has 0 unspecified atom stereocenters. The van der Waals surface area contributed by atoms with Crippen molar-refractivity contribution in [1.82, 2.24) is 25.3 Å². The van der Waals surface area contributed by atoms with Crippen LogP contribution in [0.3, 0.4) is 0 Å². The van der Waals surface area contributed by atoms with Crippen LogP contribution in [-0.4, -0.2) is 63.9 Å². The highest BCUT2D eigenvalue weighted by Crippen LogP contribution is 2.20. The number of alkyl halides is 1. The quantitative estimate of drug-likeness (QED) is 0.606. The third-order valence-electron chi connectivity index (χ3n) is 5.73. The maximum atomic E-state index is 13.6. The maximum Gasteiger partial charge on any atom is 0.254 e. The molecular formula is C24H31FN6O2. The number of amides is 2. The van der Waals surface area contributed by atoms with E-state index in [4.69, 9.17) is 5.26 Å². The number of aromatic nitrogens is 2. The Labute approximate surface area is 193 Å². The van der Waals surface area contributed by atoms with Gasteiger partial charge in [0.25, 0.3) is 5.91 Å². The second-order valence-corrected chi connectivity index (χ2v) is 8.95. The van der Waals surface area contributed by atoms with Crippen molar-refractivity contribution in [2.45, 2.75) is 57.8 Å². The Morgan fingerprint density at radius 1 is 1.30 bits per heavy atom. The van der Waals surface area contributed by atoms with Crippen molar-refractivity contribution in [1.29, 1.82) is 5.26 Å². The van der Waals surface area contributed by atoms with Gasteiger partial charge in [-0.1, -0.05) is 31.5 Å². The summed E-state index contributed by atoms with van der Waals surface area (Å²) in [6.45, 7) is 5.96. The molecule has 2 heterocycles. The van der Waals surface area contributed by atoms with Gasteiger partial charge in [-0.2, -0.15) is 10.4 Å². The minimum atomic E-state index is -1.17. The van der Waals surface area contributed by atoms with Crippen LogP contribution in [-0.2, 0) is 11.2 Å². The lowest BCUT2D eigenvalue weighted by atomic mass is 10.0.